The summed E-state index contributed by atoms with van der Waals surface area (Å²) in [7, 11) is 0. The van der Waals surface area contributed by atoms with Gasteiger partial charge in [0, 0.05) is 23.7 Å². The molecule has 0 spiro atoms. The molecule has 0 saturated carbocycles. The highest BCUT2D eigenvalue weighted by atomic mass is 16.5. The number of nitrogens with two attached hydrogens (primary N) is 2. The second-order valence-electron chi connectivity index (χ2n) is 6.39. The molecule has 7 heteroatoms. The molecule has 1 aromatic heterocycles. The van der Waals surface area contributed by atoms with E-state index in [2.05, 4.69) is 9.97 Å². The van der Waals surface area contributed by atoms with Gasteiger partial charge >= 0.3 is 0 Å². The topological polar surface area (TPSA) is 113 Å². The molecule has 1 heterocycles. The Morgan fingerprint density at radius 2 is 1.72 bits per heavy atom. The highest BCUT2D eigenvalue weighted by molar-refractivity contribution is 5.83. The van der Waals surface area contributed by atoms with Crippen LogP contribution in [0.4, 0.5) is 11.8 Å². The molecule has 0 atom stereocenters. The Morgan fingerprint density at radius 3 is 2.31 bits per heavy atom. The van der Waals surface area contributed by atoms with E-state index in [9.17, 15) is 4.79 Å². The van der Waals surface area contributed by atoms with E-state index >= 15 is 0 Å². The Balaban J connectivity index is 2.11. The molecule has 0 aliphatic heterocycles. The average Bonchev–Trinajstić information content (AvgIpc) is 2.70. The maximum Gasteiger partial charge on any atom is 0.221 e. The van der Waals surface area contributed by atoms with Crippen LogP contribution in [0.25, 0.3) is 11.1 Å². The van der Waals surface area contributed by atoms with Gasteiger partial charge in [0.1, 0.15) is 23.6 Å². The van der Waals surface area contributed by atoms with Crippen molar-refractivity contribution in [1.82, 2.24) is 9.97 Å². The SMILES string of the molecule is CCOc1cc(Cc2cnc(N)nc2N)cc(OCC)c1-c1cccc(C=O)c1. The van der Waals surface area contributed by atoms with Crippen LogP contribution in [0.3, 0.4) is 0 Å². The Hall–Kier alpha value is -3.61. The second-order valence-corrected chi connectivity index (χ2v) is 6.39. The molecule has 2 aromatic carbocycles. The number of ether oxygens (including phenoxy) is 2. The quantitative estimate of drug-likeness (QED) is 0.564. The largest absolute Gasteiger partial charge is 0.493 e. The fourth-order valence-electron chi connectivity index (χ4n) is 3.13. The van der Waals surface area contributed by atoms with E-state index in [0.717, 1.165) is 28.5 Å². The van der Waals surface area contributed by atoms with Gasteiger partial charge in [-0.25, -0.2) is 4.98 Å². The van der Waals surface area contributed by atoms with Gasteiger partial charge in [0.05, 0.1) is 18.8 Å². The number of aromatic nitrogens is 2. The number of nitrogens with zero attached hydrogens (tertiary/aromatic N) is 2. The average molecular weight is 392 g/mol. The van der Waals surface area contributed by atoms with Crippen molar-refractivity contribution in [1.29, 1.82) is 0 Å². The molecule has 0 aliphatic rings. The number of hydrogen-bond acceptors (Lipinski definition) is 7. The molecule has 150 valence electrons. The molecular weight excluding hydrogens is 368 g/mol. The molecule has 3 aromatic rings. The van der Waals surface area contributed by atoms with Crippen LogP contribution < -0.4 is 20.9 Å². The first-order chi connectivity index (χ1) is 14.0. The number of nitrogen functional groups attached to an aromatic ring is 2. The number of aldehydes is 1. The highest BCUT2D eigenvalue weighted by Crippen LogP contribution is 2.40. The van der Waals surface area contributed by atoms with Crippen molar-refractivity contribution < 1.29 is 14.3 Å². The van der Waals surface area contributed by atoms with Crippen LogP contribution in [0.15, 0.2) is 42.6 Å². The van der Waals surface area contributed by atoms with E-state index in [1.165, 1.54) is 0 Å². The van der Waals surface area contributed by atoms with Gasteiger partial charge in [-0.05, 0) is 43.2 Å². The van der Waals surface area contributed by atoms with Crippen molar-refractivity contribution in [2.45, 2.75) is 20.3 Å². The minimum Gasteiger partial charge on any atom is -0.493 e. The molecule has 0 aliphatic carbocycles. The van der Waals surface area contributed by atoms with E-state index < -0.39 is 0 Å². The van der Waals surface area contributed by atoms with Gasteiger partial charge in [0.2, 0.25) is 5.95 Å². The van der Waals surface area contributed by atoms with Gasteiger partial charge in [-0.15, -0.1) is 0 Å². The normalized spacial score (nSPS) is 10.6. The van der Waals surface area contributed by atoms with Crippen LogP contribution in [0.1, 0.15) is 35.3 Å². The molecule has 0 bridgehead atoms. The number of rotatable bonds is 8. The molecule has 29 heavy (non-hydrogen) atoms. The van der Waals surface area contributed by atoms with Crippen LogP contribution in [-0.2, 0) is 6.42 Å². The monoisotopic (exact) mass is 392 g/mol. The summed E-state index contributed by atoms with van der Waals surface area (Å²) in [4.78, 5) is 19.3. The molecule has 4 N–H and O–H groups in total. The number of carbonyl (C=O) groups excluding carboxylic acids is 1. The van der Waals surface area contributed by atoms with E-state index in [1.54, 1.807) is 12.3 Å². The van der Waals surface area contributed by atoms with Crippen LogP contribution in [0.2, 0.25) is 0 Å². The van der Waals surface area contributed by atoms with Crippen molar-refractivity contribution in [3.63, 3.8) is 0 Å². The lowest BCUT2D eigenvalue weighted by Crippen LogP contribution is -2.05. The molecule has 0 unspecified atom stereocenters. The first-order valence-corrected chi connectivity index (χ1v) is 9.40. The number of hydrogen-bond donors (Lipinski definition) is 2. The van der Waals surface area contributed by atoms with Crippen LogP contribution in [0.5, 0.6) is 11.5 Å². The van der Waals surface area contributed by atoms with Crippen molar-refractivity contribution in [3.8, 4) is 22.6 Å². The van der Waals surface area contributed by atoms with Crippen molar-refractivity contribution in [2.24, 2.45) is 0 Å². The van der Waals surface area contributed by atoms with Gasteiger partial charge in [-0.2, -0.15) is 4.98 Å². The minimum absolute atomic E-state index is 0.140. The van der Waals surface area contributed by atoms with E-state index in [4.69, 9.17) is 20.9 Å². The first kappa shape index (κ1) is 20.1. The summed E-state index contributed by atoms with van der Waals surface area (Å²) < 4.78 is 11.9. The molecule has 7 nitrogen and oxygen atoms in total. The zero-order valence-corrected chi connectivity index (χ0v) is 16.5. The van der Waals surface area contributed by atoms with Gasteiger partial charge in [-0.3, -0.25) is 4.79 Å². The Bertz CT molecular complexity index is 994. The number of benzene rings is 2. The van der Waals surface area contributed by atoms with Crippen LogP contribution in [-0.4, -0.2) is 29.5 Å². The highest BCUT2D eigenvalue weighted by Gasteiger charge is 2.17. The Morgan fingerprint density at radius 1 is 1.03 bits per heavy atom. The third kappa shape index (κ3) is 4.63. The lowest BCUT2D eigenvalue weighted by Gasteiger charge is -2.18. The summed E-state index contributed by atoms with van der Waals surface area (Å²) in [6.07, 6.45) is 2.95. The third-order valence-corrected chi connectivity index (χ3v) is 4.35. The molecule has 0 radical (unpaired) electrons. The fraction of sp³-hybridized carbons (Fsp3) is 0.227. The minimum atomic E-state index is 0.140. The predicted octanol–water partition coefficient (Wildman–Crippen LogP) is 3.51. The van der Waals surface area contributed by atoms with Gasteiger partial charge in [0.15, 0.2) is 0 Å². The van der Waals surface area contributed by atoms with Crippen LogP contribution >= 0.6 is 0 Å². The maximum atomic E-state index is 11.2. The number of carbonyl (C=O) groups is 1. The lowest BCUT2D eigenvalue weighted by molar-refractivity contribution is 0.112. The predicted molar refractivity (Wildman–Crippen MR) is 113 cm³/mol. The zero-order valence-electron chi connectivity index (χ0n) is 16.5. The second kappa shape index (κ2) is 9.05. The maximum absolute atomic E-state index is 11.2. The Labute approximate surface area is 169 Å². The zero-order chi connectivity index (χ0) is 20.8. The van der Waals surface area contributed by atoms with Gasteiger partial charge in [0.25, 0.3) is 0 Å². The summed E-state index contributed by atoms with van der Waals surface area (Å²) in [5.74, 6) is 1.83. The van der Waals surface area contributed by atoms with Gasteiger partial charge in [-0.1, -0.05) is 18.2 Å². The van der Waals surface area contributed by atoms with Gasteiger partial charge < -0.3 is 20.9 Å². The Kier molecular flexibility index (Phi) is 6.29. The van der Waals surface area contributed by atoms with E-state index in [-0.39, 0.29) is 5.95 Å². The summed E-state index contributed by atoms with van der Waals surface area (Å²) in [6.45, 7) is 4.82. The standard InChI is InChI=1S/C22H24N4O3/c1-3-28-18-10-15(9-17-12-25-22(24)26-21(17)23)11-19(29-4-2)20(18)16-7-5-6-14(8-16)13-27/h5-8,10-13H,3-4,9H2,1-2H3,(H4,23,24,25,26). The molecule has 0 fully saturated rings. The lowest BCUT2D eigenvalue weighted by atomic mass is 9.97. The molecule has 3 rings (SSSR count). The summed E-state index contributed by atoms with van der Waals surface area (Å²) in [5.41, 5.74) is 15.5. The molecular formula is C22H24N4O3. The smallest absolute Gasteiger partial charge is 0.221 e. The number of anilines is 2. The molecule has 0 amide bonds. The molecule has 0 saturated heterocycles. The van der Waals surface area contributed by atoms with Crippen molar-refractivity contribution >= 4 is 18.1 Å². The summed E-state index contributed by atoms with van der Waals surface area (Å²) in [5, 5.41) is 0. The van der Waals surface area contributed by atoms with E-state index in [0.29, 0.717) is 42.5 Å². The van der Waals surface area contributed by atoms with E-state index in [1.807, 2.05) is 44.2 Å². The third-order valence-electron chi connectivity index (χ3n) is 4.35. The van der Waals surface area contributed by atoms with Crippen molar-refractivity contribution in [2.75, 3.05) is 24.7 Å². The van der Waals surface area contributed by atoms with Crippen molar-refractivity contribution in [3.05, 3.63) is 59.3 Å². The summed E-state index contributed by atoms with van der Waals surface area (Å²) in [6, 6.07) is 11.2. The fourth-order valence-corrected chi connectivity index (χ4v) is 3.13. The van der Waals surface area contributed by atoms with Crippen LogP contribution in [0, 0.1) is 0 Å². The first-order valence-electron chi connectivity index (χ1n) is 9.40. The summed E-state index contributed by atoms with van der Waals surface area (Å²) >= 11 is 0.